The van der Waals surface area contributed by atoms with Gasteiger partial charge in [0.05, 0.1) is 25.3 Å². The zero-order valence-electron chi connectivity index (χ0n) is 22.2. The molecule has 0 saturated heterocycles. The van der Waals surface area contributed by atoms with Crippen LogP contribution in [0.15, 0.2) is 67.0 Å². The molecule has 0 bridgehead atoms. The fraction of sp³-hybridized carbons (Fsp3) is 0.333. The van der Waals surface area contributed by atoms with E-state index in [0.717, 1.165) is 36.8 Å². The number of pyridine rings is 1. The van der Waals surface area contributed by atoms with Crippen molar-refractivity contribution >= 4 is 17.5 Å². The third kappa shape index (κ3) is 6.06. The minimum atomic E-state index is 0.00645. The van der Waals surface area contributed by atoms with E-state index in [4.69, 9.17) is 31.2 Å². The fourth-order valence-corrected chi connectivity index (χ4v) is 5.32. The maximum atomic E-state index is 13.8. The Morgan fingerprint density at radius 2 is 1.87 bits per heavy atom. The molecule has 2 aromatic carbocycles. The molecule has 4 aromatic rings. The number of methoxy groups -OCH3 is 1. The van der Waals surface area contributed by atoms with E-state index in [1.54, 1.807) is 19.5 Å². The molecule has 0 spiro atoms. The highest BCUT2D eigenvalue weighted by molar-refractivity contribution is 6.32. The maximum absolute atomic E-state index is 13.8. The van der Waals surface area contributed by atoms with Crippen LogP contribution in [0.1, 0.15) is 43.0 Å². The van der Waals surface area contributed by atoms with Crippen LogP contribution in [0.3, 0.4) is 0 Å². The summed E-state index contributed by atoms with van der Waals surface area (Å²) < 4.78 is 12.8. The van der Waals surface area contributed by atoms with Crippen molar-refractivity contribution in [3.8, 4) is 34.3 Å². The van der Waals surface area contributed by atoms with E-state index in [9.17, 15) is 4.79 Å². The first-order valence-electron chi connectivity index (χ1n) is 13.3. The third-order valence-electron chi connectivity index (χ3n) is 6.99. The van der Waals surface area contributed by atoms with Crippen molar-refractivity contribution in [1.29, 1.82) is 0 Å². The number of nitrogens with zero attached hydrogens (tertiary/aromatic N) is 5. The molecule has 1 amide bonds. The first kappa shape index (κ1) is 26.7. The van der Waals surface area contributed by atoms with Crippen LogP contribution in [-0.4, -0.2) is 56.9 Å². The van der Waals surface area contributed by atoms with Gasteiger partial charge in [0.25, 0.3) is 5.91 Å². The van der Waals surface area contributed by atoms with Gasteiger partial charge in [0.2, 0.25) is 0 Å². The molecule has 0 atom stereocenters. The van der Waals surface area contributed by atoms with Crippen molar-refractivity contribution in [3.63, 3.8) is 0 Å². The molecule has 1 saturated carbocycles. The summed E-state index contributed by atoms with van der Waals surface area (Å²) in [4.78, 5) is 24.8. The Labute approximate surface area is 233 Å². The van der Waals surface area contributed by atoms with E-state index in [1.165, 1.54) is 0 Å². The van der Waals surface area contributed by atoms with Gasteiger partial charge in [0.15, 0.2) is 11.6 Å². The summed E-state index contributed by atoms with van der Waals surface area (Å²) >= 11 is 6.46. The van der Waals surface area contributed by atoms with Crippen molar-refractivity contribution in [2.75, 3.05) is 20.3 Å². The van der Waals surface area contributed by atoms with Crippen LogP contribution >= 0.6 is 11.6 Å². The lowest BCUT2D eigenvalue weighted by atomic mass is 10.1. The van der Waals surface area contributed by atoms with Gasteiger partial charge in [-0.15, -0.1) is 0 Å². The van der Waals surface area contributed by atoms with E-state index in [1.807, 2.05) is 71.1 Å². The first-order chi connectivity index (χ1) is 19.1. The monoisotopic (exact) mass is 545 g/mol. The molecular weight excluding hydrogens is 514 g/mol. The summed E-state index contributed by atoms with van der Waals surface area (Å²) in [5.74, 6) is 2.55. The predicted octanol–water partition coefficient (Wildman–Crippen LogP) is 6.15. The van der Waals surface area contributed by atoms with Crippen LogP contribution in [0.2, 0.25) is 5.02 Å². The lowest BCUT2D eigenvalue weighted by Crippen LogP contribution is -2.41. The molecule has 0 aliphatic heterocycles. The lowest BCUT2D eigenvalue weighted by molar-refractivity contribution is 0.0671. The molecule has 5 rings (SSSR count). The van der Waals surface area contributed by atoms with Gasteiger partial charge in [-0.25, -0.2) is 9.67 Å². The highest BCUT2D eigenvalue weighted by Crippen LogP contribution is 2.31. The standard InChI is InChI=1S/C30H32ClN5O3/c1-3-39-25-10-6-7-23(19-25)30(37)35(24-8-4-5-9-24)17-18-36-29(22-11-12-27(38-2)26(31)20-22)33-28(34-36)21-13-15-32-16-14-21/h6-7,10-16,19-20,24H,3-5,8-9,17-18H2,1-2H3. The Bertz CT molecular complexity index is 1420. The molecule has 8 nitrogen and oxygen atoms in total. The minimum Gasteiger partial charge on any atom is -0.495 e. The summed E-state index contributed by atoms with van der Waals surface area (Å²) in [5.41, 5.74) is 2.31. The van der Waals surface area contributed by atoms with Crippen molar-refractivity contribution < 1.29 is 14.3 Å². The van der Waals surface area contributed by atoms with Crippen molar-refractivity contribution in [2.45, 2.75) is 45.2 Å². The van der Waals surface area contributed by atoms with Gasteiger partial charge in [-0.2, -0.15) is 5.10 Å². The summed E-state index contributed by atoms with van der Waals surface area (Å²) in [5, 5.41) is 5.34. The number of hydrogen-bond donors (Lipinski definition) is 0. The van der Waals surface area contributed by atoms with Gasteiger partial charge >= 0.3 is 0 Å². The number of hydrogen-bond acceptors (Lipinski definition) is 6. The van der Waals surface area contributed by atoms with E-state index >= 15 is 0 Å². The number of ether oxygens (including phenoxy) is 2. The zero-order valence-corrected chi connectivity index (χ0v) is 23.0. The summed E-state index contributed by atoms with van der Waals surface area (Å²) in [6, 6.07) is 16.9. The largest absolute Gasteiger partial charge is 0.495 e. The maximum Gasteiger partial charge on any atom is 0.254 e. The number of aromatic nitrogens is 4. The quantitative estimate of drug-likeness (QED) is 0.237. The topological polar surface area (TPSA) is 82.4 Å². The van der Waals surface area contributed by atoms with Crippen LogP contribution < -0.4 is 9.47 Å². The molecule has 9 heteroatoms. The molecule has 2 aromatic heterocycles. The minimum absolute atomic E-state index is 0.00645. The van der Waals surface area contributed by atoms with Gasteiger partial charge in [-0.05, 0) is 68.3 Å². The van der Waals surface area contributed by atoms with Crippen molar-refractivity contribution in [2.24, 2.45) is 0 Å². The van der Waals surface area contributed by atoms with E-state index in [0.29, 0.717) is 53.4 Å². The SMILES string of the molecule is CCOc1cccc(C(=O)N(CCn2nc(-c3ccncc3)nc2-c2ccc(OC)c(Cl)c2)C2CCCC2)c1. The number of carbonyl (C=O) groups excluding carboxylic acids is 1. The van der Waals surface area contributed by atoms with E-state index in [2.05, 4.69) is 4.98 Å². The van der Waals surface area contributed by atoms with Crippen LogP contribution in [0.5, 0.6) is 11.5 Å². The summed E-state index contributed by atoms with van der Waals surface area (Å²) in [6.07, 6.45) is 7.68. The zero-order chi connectivity index (χ0) is 27.2. The molecular formula is C30H32ClN5O3. The molecule has 0 radical (unpaired) electrons. The highest BCUT2D eigenvalue weighted by Gasteiger charge is 2.28. The van der Waals surface area contributed by atoms with Gasteiger partial charge in [0, 0.05) is 41.7 Å². The lowest BCUT2D eigenvalue weighted by Gasteiger charge is -2.29. The number of amides is 1. The Kier molecular flexibility index (Phi) is 8.42. The highest BCUT2D eigenvalue weighted by atomic mass is 35.5. The molecule has 39 heavy (non-hydrogen) atoms. The second-order valence-electron chi connectivity index (χ2n) is 9.47. The Hall–Kier alpha value is -3.91. The van der Waals surface area contributed by atoms with Crippen LogP contribution in [0.4, 0.5) is 0 Å². The Morgan fingerprint density at radius 3 is 2.59 bits per heavy atom. The summed E-state index contributed by atoms with van der Waals surface area (Å²) in [6.45, 7) is 3.46. The second-order valence-corrected chi connectivity index (χ2v) is 9.87. The van der Waals surface area contributed by atoms with Crippen LogP contribution in [-0.2, 0) is 6.54 Å². The van der Waals surface area contributed by atoms with Crippen molar-refractivity contribution in [1.82, 2.24) is 24.6 Å². The smallest absolute Gasteiger partial charge is 0.254 e. The average molecular weight is 546 g/mol. The number of carbonyl (C=O) groups is 1. The Morgan fingerprint density at radius 1 is 1.08 bits per heavy atom. The molecule has 1 fully saturated rings. The average Bonchev–Trinajstić information content (AvgIpc) is 3.65. The normalized spacial score (nSPS) is 13.4. The molecule has 0 N–H and O–H groups in total. The van der Waals surface area contributed by atoms with Gasteiger partial charge in [0.1, 0.15) is 11.5 Å². The molecule has 202 valence electrons. The van der Waals surface area contributed by atoms with Crippen LogP contribution in [0, 0.1) is 0 Å². The van der Waals surface area contributed by atoms with Crippen molar-refractivity contribution in [3.05, 3.63) is 77.6 Å². The summed E-state index contributed by atoms with van der Waals surface area (Å²) in [7, 11) is 1.59. The Balaban J connectivity index is 1.47. The number of benzene rings is 2. The number of halogens is 1. The van der Waals surface area contributed by atoms with E-state index in [-0.39, 0.29) is 11.9 Å². The van der Waals surface area contributed by atoms with Gasteiger partial charge in [-0.1, -0.05) is 30.5 Å². The molecule has 0 unspecified atom stereocenters. The second kappa shape index (κ2) is 12.3. The molecule has 1 aliphatic rings. The van der Waals surface area contributed by atoms with Crippen LogP contribution in [0.25, 0.3) is 22.8 Å². The number of rotatable bonds is 10. The molecule has 1 aliphatic carbocycles. The van der Waals surface area contributed by atoms with Gasteiger partial charge < -0.3 is 14.4 Å². The fourth-order valence-electron chi connectivity index (χ4n) is 5.06. The predicted molar refractivity (Wildman–Crippen MR) is 151 cm³/mol. The first-order valence-corrected chi connectivity index (χ1v) is 13.7. The van der Waals surface area contributed by atoms with E-state index < -0.39 is 0 Å². The molecule has 2 heterocycles. The van der Waals surface area contributed by atoms with Gasteiger partial charge in [-0.3, -0.25) is 9.78 Å². The third-order valence-corrected chi connectivity index (χ3v) is 7.29.